The van der Waals surface area contributed by atoms with Crippen molar-refractivity contribution in [3.8, 4) is 5.75 Å². The van der Waals surface area contributed by atoms with Gasteiger partial charge in [-0.15, -0.1) is 0 Å². The third-order valence-corrected chi connectivity index (χ3v) is 6.01. The quantitative estimate of drug-likeness (QED) is 0.537. The number of aliphatic imine (C=N–C) groups is 1. The first-order valence-electron chi connectivity index (χ1n) is 11.3. The lowest BCUT2D eigenvalue weighted by atomic mass is 9.91. The van der Waals surface area contributed by atoms with Crippen molar-refractivity contribution >= 4 is 17.8 Å². The van der Waals surface area contributed by atoms with E-state index < -0.39 is 17.9 Å². The molecule has 2 atom stereocenters. The zero-order valence-corrected chi connectivity index (χ0v) is 19.1. The Morgan fingerprint density at radius 1 is 1.06 bits per heavy atom. The van der Waals surface area contributed by atoms with Crippen LogP contribution in [0.3, 0.4) is 0 Å². The van der Waals surface area contributed by atoms with E-state index in [1.807, 2.05) is 30.3 Å². The van der Waals surface area contributed by atoms with Gasteiger partial charge in [0.05, 0.1) is 13.7 Å². The SMILES string of the molecule is CCOC(=O)[C@@H]1C(=O)NC(N2CCN(Cc3ccccc3)CC2)=N[C@@H]1c1ccc(OC)cc1. The number of carbonyl (C=O) groups excluding carboxylic acids is 2. The third-order valence-electron chi connectivity index (χ3n) is 6.01. The zero-order valence-electron chi connectivity index (χ0n) is 19.1. The fraction of sp³-hybridized carbons (Fsp3) is 0.400. The summed E-state index contributed by atoms with van der Waals surface area (Å²) in [6.45, 7) is 6.03. The Labute approximate surface area is 194 Å². The third kappa shape index (κ3) is 5.34. The highest BCUT2D eigenvalue weighted by molar-refractivity contribution is 6.08. The van der Waals surface area contributed by atoms with E-state index in [1.165, 1.54) is 5.56 Å². The van der Waals surface area contributed by atoms with Crippen LogP contribution in [0.5, 0.6) is 5.75 Å². The molecule has 2 heterocycles. The zero-order chi connectivity index (χ0) is 23.2. The van der Waals surface area contributed by atoms with Crippen molar-refractivity contribution in [2.24, 2.45) is 10.9 Å². The van der Waals surface area contributed by atoms with E-state index in [4.69, 9.17) is 14.5 Å². The summed E-state index contributed by atoms with van der Waals surface area (Å²) in [6, 6.07) is 17.0. The highest BCUT2D eigenvalue weighted by atomic mass is 16.5. The first kappa shape index (κ1) is 22.8. The number of rotatable bonds is 6. The molecule has 1 saturated heterocycles. The summed E-state index contributed by atoms with van der Waals surface area (Å²) < 4.78 is 10.4. The first-order valence-corrected chi connectivity index (χ1v) is 11.3. The van der Waals surface area contributed by atoms with Crippen LogP contribution in [0.15, 0.2) is 59.6 Å². The van der Waals surface area contributed by atoms with Crippen LogP contribution in [0.2, 0.25) is 0 Å². The maximum absolute atomic E-state index is 13.0. The molecular formula is C25H30N4O4. The van der Waals surface area contributed by atoms with Gasteiger partial charge < -0.3 is 14.4 Å². The minimum absolute atomic E-state index is 0.206. The van der Waals surface area contributed by atoms with Gasteiger partial charge in [0.15, 0.2) is 5.92 Å². The van der Waals surface area contributed by atoms with Crippen molar-refractivity contribution in [2.45, 2.75) is 19.5 Å². The van der Waals surface area contributed by atoms with Crippen LogP contribution in [-0.2, 0) is 20.9 Å². The number of nitrogens with zero attached hydrogens (tertiary/aromatic N) is 3. The van der Waals surface area contributed by atoms with Crippen LogP contribution in [0, 0.1) is 5.92 Å². The summed E-state index contributed by atoms with van der Waals surface area (Å²) in [5.41, 5.74) is 2.05. The molecule has 2 aliphatic heterocycles. The molecule has 1 fully saturated rings. The molecule has 0 unspecified atom stereocenters. The molecule has 4 rings (SSSR count). The average Bonchev–Trinajstić information content (AvgIpc) is 2.85. The molecule has 0 radical (unpaired) electrons. The number of hydrogen-bond donors (Lipinski definition) is 1. The molecule has 0 spiro atoms. The lowest BCUT2D eigenvalue weighted by molar-refractivity contribution is -0.153. The van der Waals surface area contributed by atoms with Crippen LogP contribution in [0.4, 0.5) is 0 Å². The molecular weight excluding hydrogens is 420 g/mol. The molecule has 1 amide bonds. The van der Waals surface area contributed by atoms with Crippen molar-refractivity contribution in [1.29, 1.82) is 0 Å². The summed E-state index contributed by atoms with van der Waals surface area (Å²) in [4.78, 5) is 34.9. The molecule has 1 N–H and O–H groups in total. The van der Waals surface area contributed by atoms with Crippen molar-refractivity contribution in [3.63, 3.8) is 0 Å². The number of ether oxygens (including phenoxy) is 2. The van der Waals surface area contributed by atoms with Gasteiger partial charge in [-0.25, -0.2) is 4.99 Å². The highest BCUT2D eigenvalue weighted by Crippen LogP contribution is 2.32. The smallest absolute Gasteiger partial charge is 0.321 e. The largest absolute Gasteiger partial charge is 0.497 e. The van der Waals surface area contributed by atoms with Crippen molar-refractivity contribution < 1.29 is 19.1 Å². The van der Waals surface area contributed by atoms with E-state index in [1.54, 1.807) is 14.0 Å². The molecule has 0 aliphatic carbocycles. The Bertz CT molecular complexity index is 985. The van der Waals surface area contributed by atoms with Crippen molar-refractivity contribution in [1.82, 2.24) is 15.1 Å². The second-order valence-electron chi connectivity index (χ2n) is 8.14. The summed E-state index contributed by atoms with van der Waals surface area (Å²) in [5, 5.41) is 2.86. The van der Waals surface area contributed by atoms with Gasteiger partial charge in [-0.1, -0.05) is 42.5 Å². The topological polar surface area (TPSA) is 83.5 Å². The van der Waals surface area contributed by atoms with Gasteiger partial charge in [0.2, 0.25) is 11.9 Å². The van der Waals surface area contributed by atoms with Gasteiger partial charge >= 0.3 is 5.97 Å². The number of piperazine rings is 1. The normalized spacial score (nSPS) is 21.2. The number of nitrogens with one attached hydrogen (secondary N) is 1. The molecule has 2 aliphatic rings. The van der Waals surface area contributed by atoms with E-state index in [0.29, 0.717) is 11.7 Å². The minimum atomic E-state index is -1.03. The molecule has 33 heavy (non-hydrogen) atoms. The van der Waals surface area contributed by atoms with Crippen LogP contribution in [0.1, 0.15) is 24.1 Å². The summed E-state index contributed by atoms with van der Waals surface area (Å²) in [5.74, 6) is -0.759. The lowest BCUT2D eigenvalue weighted by Gasteiger charge is -2.39. The van der Waals surface area contributed by atoms with Gasteiger partial charge in [-0.3, -0.25) is 19.8 Å². The molecule has 8 heteroatoms. The fourth-order valence-corrected chi connectivity index (χ4v) is 4.23. The maximum atomic E-state index is 13.0. The number of hydrogen-bond acceptors (Lipinski definition) is 7. The summed E-state index contributed by atoms with van der Waals surface area (Å²) in [7, 11) is 1.60. The molecule has 0 bridgehead atoms. The molecule has 174 valence electrons. The van der Waals surface area contributed by atoms with Crippen LogP contribution < -0.4 is 10.1 Å². The Kier molecular flexibility index (Phi) is 7.24. The second kappa shape index (κ2) is 10.5. The number of carbonyl (C=O) groups is 2. The van der Waals surface area contributed by atoms with Crippen molar-refractivity contribution in [2.75, 3.05) is 39.9 Å². The maximum Gasteiger partial charge on any atom is 0.321 e. The highest BCUT2D eigenvalue weighted by Gasteiger charge is 2.42. The standard InChI is InChI=1S/C25H30N4O4/c1-3-33-24(31)21-22(19-9-11-20(32-2)12-10-19)26-25(27-23(21)30)29-15-13-28(14-16-29)17-18-7-5-4-6-8-18/h4-12,21-22H,3,13-17H2,1-2H3,(H,26,27,30)/t21-,22+/m0/s1. The number of methoxy groups -OCH3 is 1. The molecule has 0 aromatic heterocycles. The number of benzene rings is 2. The van der Waals surface area contributed by atoms with Crippen LogP contribution in [-0.4, -0.2) is 67.5 Å². The van der Waals surface area contributed by atoms with E-state index in [-0.39, 0.29) is 12.5 Å². The van der Waals surface area contributed by atoms with E-state index in [0.717, 1.165) is 38.3 Å². The Hall–Kier alpha value is -3.39. The predicted octanol–water partition coefficient (Wildman–Crippen LogP) is 2.22. The Morgan fingerprint density at radius 3 is 2.39 bits per heavy atom. The summed E-state index contributed by atoms with van der Waals surface area (Å²) in [6.07, 6.45) is 0. The van der Waals surface area contributed by atoms with Gasteiger partial charge in [-0.2, -0.15) is 0 Å². The van der Waals surface area contributed by atoms with Gasteiger partial charge in [-0.05, 0) is 30.2 Å². The van der Waals surface area contributed by atoms with E-state index >= 15 is 0 Å². The van der Waals surface area contributed by atoms with E-state index in [2.05, 4.69) is 39.4 Å². The number of amides is 1. The minimum Gasteiger partial charge on any atom is -0.497 e. The van der Waals surface area contributed by atoms with Crippen LogP contribution >= 0.6 is 0 Å². The van der Waals surface area contributed by atoms with Gasteiger partial charge in [0.25, 0.3) is 0 Å². The van der Waals surface area contributed by atoms with Gasteiger partial charge in [0, 0.05) is 32.7 Å². The molecule has 0 saturated carbocycles. The van der Waals surface area contributed by atoms with Crippen LogP contribution in [0.25, 0.3) is 0 Å². The number of esters is 1. The molecule has 2 aromatic rings. The second-order valence-corrected chi connectivity index (χ2v) is 8.14. The lowest BCUT2D eigenvalue weighted by Crippen LogP contribution is -2.57. The monoisotopic (exact) mass is 450 g/mol. The predicted molar refractivity (Wildman–Crippen MR) is 125 cm³/mol. The fourth-order valence-electron chi connectivity index (χ4n) is 4.23. The van der Waals surface area contributed by atoms with Gasteiger partial charge in [0.1, 0.15) is 11.8 Å². The molecule has 8 nitrogen and oxygen atoms in total. The Morgan fingerprint density at radius 2 is 1.76 bits per heavy atom. The summed E-state index contributed by atoms with van der Waals surface area (Å²) >= 11 is 0. The first-order chi connectivity index (χ1) is 16.1. The average molecular weight is 451 g/mol. The Balaban J connectivity index is 1.51. The van der Waals surface area contributed by atoms with E-state index in [9.17, 15) is 9.59 Å². The van der Waals surface area contributed by atoms with Crippen molar-refractivity contribution in [3.05, 3.63) is 65.7 Å². The number of guanidine groups is 1. The molecule has 2 aromatic carbocycles.